The number of carbonyl (C=O) groups excluding carboxylic acids is 1. The fraction of sp³-hybridized carbons (Fsp3) is 0.812. The summed E-state index contributed by atoms with van der Waals surface area (Å²) in [5.74, 6) is 0.433. The molecule has 98 valence electrons. The normalized spacial score (nSPS) is 16.4. The summed E-state index contributed by atoms with van der Waals surface area (Å²) in [6, 6.07) is 0. The van der Waals surface area contributed by atoms with Crippen LogP contribution in [0.3, 0.4) is 0 Å². The highest BCUT2D eigenvalue weighted by Gasteiger charge is 2.10. The summed E-state index contributed by atoms with van der Waals surface area (Å²) >= 11 is 0. The van der Waals surface area contributed by atoms with Crippen molar-refractivity contribution >= 4 is 5.78 Å². The molecule has 17 heavy (non-hydrogen) atoms. The molecule has 0 aromatic rings. The van der Waals surface area contributed by atoms with E-state index >= 15 is 0 Å². The Balaban J connectivity index is 2.09. The number of allylic oxidation sites excluding steroid dienone is 2. The number of carbonyl (C=O) groups is 1. The zero-order chi connectivity index (χ0) is 12.3. The van der Waals surface area contributed by atoms with E-state index < -0.39 is 0 Å². The van der Waals surface area contributed by atoms with Gasteiger partial charge in [0, 0.05) is 6.42 Å². The Labute approximate surface area is 107 Å². The van der Waals surface area contributed by atoms with Crippen LogP contribution in [0.4, 0.5) is 0 Å². The zero-order valence-electron chi connectivity index (χ0n) is 11.5. The molecule has 0 aromatic heterocycles. The van der Waals surface area contributed by atoms with E-state index in [9.17, 15) is 4.79 Å². The first-order valence-electron chi connectivity index (χ1n) is 7.57. The molecule has 0 aromatic carbocycles. The van der Waals surface area contributed by atoms with Crippen LogP contribution in [0.15, 0.2) is 11.6 Å². The monoisotopic (exact) mass is 236 g/mol. The molecule has 0 aliphatic heterocycles. The summed E-state index contributed by atoms with van der Waals surface area (Å²) in [4.78, 5) is 12.0. The average Bonchev–Trinajstić information content (AvgIpc) is 2.62. The van der Waals surface area contributed by atoms with Gasteiger partial charge in [0.2, 0.25) is 0 Å². The van der Waals surface area contributed by atoms with Gasteiger partial charge in [-0.3, -0.25) is 4.79 Å². The second kappa shape index (κ2) is 9.44. The van der Waals surface area contributed by atoms with E-state index in [-0.39, 0.29) is 0 Å². The number of ketones is 1. The Morgan fingerprint density at radius 3 is 2.65 bits per heavy atom. The van der Waals surface area contributed by atoms with Crippen LogP contribution in [0.2, 0.25) is 0 Å². The van der Waals surface area contributed by atoms with Crippen LogP contribution in [0.1, 0.15) is 84.0 Å². The summed E-state index contributed by atoms with van der Waals surface area (Å²) in [7, 11) is 0. The minimum atomic E-state index is 0.433. The maximum atomic E-state index is 12.0. The SMILES string of the molecule is CCCCCCCCC(=O)C1=CCCCCC1. The van der Waals surface area contributed by atoms with E-state index in [1.807, 2.05) is 0 Å². The van der Waals surface area contributed by atoms with Crippen LogP contribution in [0, 0.1) is 0 Å². The molecule has 1 aliphatic rings. The van der Waals surface area contributed by atoms with Gasteiger partial charge in [0.05, 0.1) is 0 Å². The maximum absolute atomic E-state index is 12.0. The van der Waals surface area contributed by atoms with E-state index in [0.717, 1.165) is 31.3 Å². The Kier molecular flexibility index (Phi) is 8.04. The third-order valence-corrected chi connectivity index (χ3v) is 3.66. The summed E-state index contributed by atoms with van der Waals surface area (Å²) in [6.07, 6.45) is 16.6. The van der Waals surface area contributed by atoms with Crippen molar-refractivity contribution in [3.63, 3.8) is 0 Å². The minimum absolute atomic E-state index is 0.433. The molecule has 1 rings (SSSR count). The highest BCUT2D eigenvalue weighted by Crippen LogP contribution is 2.20. The molecular formula is C16H28O. The highest BCUT2D eigenvalue weighted by atomic mass is 16.1. The second-order valence-electron chi connectivity index (χ2n) is 5.27. The van der Waals surface area contributed by atoms with Gasteiger partial charge in [-0.2, -0.15) is 0 Å². The standard InChI is InChI=1S/C16H28O/c1-2-3-4-5-6-11-14-16(17)15-12-9-7-8-10-13-15/h12H,2-11,13-14H2,1H3. The zero-order valence-corrected chi connectivity index (χ0v) is 11.5. The molecule has 0 amide bonds. The summed E-state index contributed by atoms with van der Waals surface area (Å²) in [5, 5.41) is 0. The lowest BCUT2D eigenvalue weighted by atomic mass is 10.0. The summed E-state index contributed by atoms with van der Waals surface area (Å²) < 4.78 is 0. The van der Waals surface area contributed by atoms with Crippen LogP contribution in [-0.4, -0.2) is 5.78 Å². The van der Waals surface area contributed by atoms with Gasteiger partial charge < -0.3 is 0 Å². The van der Waals surface area contributed by atoms with E-state index in [1.165, 1.54) is 51.4 Å². The largest absolute Gasteiger partial charge is 0.295 e. The van der Waals surface area contributed by atoms with Gasteiger partial charge in [0.15, 0.2) is 5.78 Å². The molecular weight excluding hydrogens is 208 g/mol. The molecule has 0 unspecified atom stereocenters. The first kappa shape index (κ1) is 14.5. The molecule has 0 heterocycles. The highest BCUT2D eigenvalue weighted by molar-refractivity contribution is 5.95. The Hall–Kier alpha value is -0.590. The van der Waals surface area contributed by atoms with Crippen molar-refractivity contribution in [2.24, 2.45) is 0 Å². The molecule has 0 bridgehead atoms. The van der Waals surface area contributed by atoms with E-state index in [4.69, 9.17) is 0 Å². The predicted molar refractivity (Wildman–Crippen MR) is 74.2 cm³/mol. The van der Waals surface area contributed by atoms with Crippen molar-refractivity contribution < 1.29 is 4.79 Å². The Morgan fingerprint density at radius 2 is 1.82 bits per heavy atom. The minimum Gasteiger partial charge on any atom is -0.295 e. The van der Waals surface area contributed by atoms with E-state index in [1.54, 1.807) is 0 Å². The number of Topliss-reactive ketones (excluding diaryl/α,β-unsaturated/α-hetero) is 1. The van der Waals surface area contributed by atoms with Crippen LogP contribution in [0.25, 0.3) is 0 Å². The molecule has 0 atom stereocenters. The Morgan fingerprint density at radius 1 is 1.06 bits per heavy atom. The van der Waals surface area contributed by atoms with Gasteiger partial charge in [0.1, 0.15) is 0 Å². The molecule has 0 fully saturated rings. The summed E-state index contributed by atoms with van der Waals surface area (Å²) in [5.41, 5.74) is 1.14. The van der Waals surface area contributed by atoms with Crippen molar-refractivity contribution in [1.82, 2.24) is 0 Å². The predicted octanol–water partition coefficient (Wildman–Crippen LogP) is 5.20. The van der Waals surface area contributed by atoms with Crippen molar-refractivity contribution in [3.05, 3.63) is 11.6 Å². The van der Waals surface area contributed by atoms with E-state index in [0.29, 0.717) is 5.78 Å². The lowest BCUT2D eigenvalue weighted by Gasteiger charge is -2.04. The molecule has 0 spiro atoms. The first-order valence-corrected chi connectivity index (χ1v) is 7.57. The van der Waals surface area contributed by atoms with Crippen molar-refractivity contribution in [2.45, 2.75) is 84.0 Å². The van der Waals surface area contributed by atoms with Gasteiger partial charge in [-0.05, 0) is 37.7 Å². The summed E-state index contributed by atoms with van der Waals surface area (Å²) in [6.45, 7) is 2.24. The maximum Gasteiger partial charge on any atom is 0.158 e. The van der Waals surface area contributed by atoms with Gasteiger partial charge in [-0.1, -0.05) is 51.5 Å². The topological polar surface area (TPSA) is 17.1 Å². The number of rotatable bonds is 8. The van der Waals surface area contributed by atoms with Crippen molar-refractivity contribution in [2.75, 3.05) is 0 Å². The fourth-order valence-electron chi connectivity index (χ4n) is 2.49. The van der Waals surface area contributed by atoms with Gasteiger partial charge in [0.25, 0.3) is 0 Å². The first-order chi connectivity index (χ1) is 8.34. The molecule has 0 N–H and O–H groups in total. The molecule has 1 nitrogen and oxygen atoms in total. The fourth-order valence-corrected chi connectivity index (χ4v) is 2.49. The molecule has 0 saturated heterocycles. The quantitative estimate of drug-likeness (QED) is 0.530. The molecule has 1 aliphatic carbocycles. The van der Waals surface area contributed by atoms with Crippen LogP contribution >= 0.6 is 0 Å². The molecule has 1 heteroatoms. The third-order valence-electron chi connectivity index (χ3n) is 3.66. The third kappa shape index (κ3) is 6.65. The Bertz CT molecular complexity index is 240. The van der Waals surface area contributed by atoms with Gasteiger partial charge in [-0.25, -0.2) is 0 Å². The van der Waals surface area contributed by atoms with Crippen LogP contribution in [0.5, 0.6) is 0 Å². The van der Waals surface area contributed by atoms with Gasteiger partial charge in [-0.15, -0.1) is 0 Å². The van der Waals surface area contributed by atoms with Crippen molar-refractivity contribution in [3.8, 4) is 0 Å². The molecule has 0 saturated carbocycles. The number of hydrogen-bond acceptors (Lipinski definition) is 1. The van der Waals surface area contributed by atoms with Gasteiger partial charge >= 0.3 is 0 Å². The van der Waals surface area contributed by atoms with E-state index in [2.05, 4.69) is 13.0 Å². The molecule has 0 radical (unpaired) electrons. The van der Waals surface area contributed by atoms with Crippen LogP contribution in [-0.2, 0) is 4.79 Å². The lowest BCUT2D eigenvalue weighted by molar-refractivity contribution is -0.115. The number of unbranched alkanes of at least 4 members (excludes halogenated alkanes) is 5. The smallest absolute Gasteiger partial charge is 0.158 e. The average molecular weight is 236 g/mol. The van der Waals surface area contributed by atoms with Crippen molar-refractivity contribution in [1.29, 1.82) is 0 Å². The lowest BCUT2D eigenvalue weighted by Crippen LogP contribution is -2.02. The van der Waals surface area contributed by atoms with Crippen LogP contribution < -0.4 is 0 Å². The number of hydrogen-bond donors (Lipinski definition) is 0. The second-order valence-corrected chi connectivity index (χ2v) is 5.27.